The molecule has 0 aliphatic heterocycles. The van der Waals surface area contributed by atoms with Crippen LogP contribution in [0.5, 0.6) is 5.75 Å². The monoisotopic (exact) mass is 334 g/mol. The third kappa shape index (κ3) is 5.30. The number of carbonyl (C=O) groups is 1. The Balaban J connectivity index is 2.00. The van der Waals surface area contributed by atoms with Gasteiger partial charge in [0, 0.05) is 16.9 Å². The Morgan fingerprint density at radius 2 is 1.65 bits per heavy atom. The molecule has 2 N–H and O–H groups in total. The molecule has 0 aliphatic carbocycles. The number of hydrogen-bond donors (Lipinski definition) is 2. The van der Waals surface area contributed by atoms with Gasteiger partial charge < -0.3 is 10.1 Å². The molecule has 0 aliphatic rings. The molecule has 2 rings (SSSR count). The summed E-state index contributed by atoms with van der Waals surface area (Å²) in [4.78, 5) is 12.1. The Morgan fingerprint density at radius 3 is 2.26 bits per heavy atom. The third-order valence-electron chi connectivity index (χ3n) is 3.02. The first-order valence-corrected chi connectivity index (χ1v) is 8.76. The van der Waals surface area contributed by atoms with Crippen LogP contribution in [0.15, 0.2) is 48.5 Å². The Hall–Kier alpha value is -2.54. The first kappa shape index (κ1) is 16.8. The lowest BCUT2D eigenvalue weighted by Crippen LogP contribution is -2.15. The average molecular weight is 334 g/mol. The topological polar surface area (TPSA) is 84.5 Å². The number of benzene rings is 2. The summed E-state index contributed by atoms with van der Waals surface area (Å²) in [6.07, 6.45) is 1.27. The van der Waals surface area contributed by atoms with Crippen molar-refractivity contribution in [3.05, 3.63) is 54.1 Å². The van der Waals surface area contributed by atoms with Gasteiger partial charge in [0.2, 0.25) is 15.9 Å². The molecular formula is C16H18N2O4S. The molecule has 1 amide bonds. The maximum absolute atomic E-state index is 12.1. The lowest BCUT2D eigenvalue weighted by Gasteiger charge is -2.09. The van der Waals surface area contributed by atoms with Crippen LogP contribution in [-0.2, 0) is 21.2 Å². The molecule has 0 unspecified atom stereocenters. The van der Waals surface area contributed by atoms with E-state index >= 15 is 0 Å². The minimum Gasteiger partial charge on any atom is -0.496 e. The second-order valence-corrected chi connectivity index (χ2v) is 6.74. The van der Waals surface area contributed by atoms with Gasteiger partial charge in [-0.2, -0.15) is 0 Å². The molecule has 6 nitrogen and oxygen atoms in total. The van der Waals surface area contributed by atoms with Crippen LogP contribution in [0.1, 0.15) is 5.56 Å². The molecular weight excluding hydrogens is 316 g/mol. The highest BCUT2D eigenvalue weighted by Crippen LogP contribution is 2.19. The van der Waals surface area contributed by atoms with Gasteiger partial charge in [-0.05, 0) is 30.3 Å². The Morgan fingerprint density at radius 1 is 1.04 bits per heavy atom. The van der Waals surface area contributed by atoms with E-state index in [1.54, 1.807) is 37.4 Å². The summed E-state index contributed by atoms with van der Waals surface area (Å²) in [6.45, 7) is 0. The summed E-state index contributed by atoms with van der Waals surface area (Å²) in [7, 11) is -1.75. The van der Waals surface area contributed by atoms with Gasteiger partial charge in [-0.1, -0.05) is 18.2 Å². The van der Waals surface area contributed by atoms with Crippen LogP contribution in [0.25, 0.3) is 0 Å². The highest BCUT2D eigenvalue weighted by atomic mass is 32.2. The van der Waals surface area contributed by atoms with Crippen molar-refractivity contribution >= 4 is 27.3 Å². The predicted molar refractivity (Wildman–Crippen MR) is 90.2 cm³/mol. The van der Waals surface area contributed by atoms with E-state index in [4.69, 9.17) is 4.74 Å². The molecule has 7 heteroatoms. The third-order valence-corrected chi connectivity index (χ3v) is 3.62. The van der Waals surface area contributed by atoms with Crippen molar-refractivity contribution < 1.29 is 17.9 Å². The second kappa shape index (κ2) is 7.15. The summed E-state index contributed by atoms with van der Waals surface area (Å²) in [5.41, 5.74) is 1.82. The number of anilines is 2. The molecule has 23 heavy (non-hydrogen) atoms. The van der Waals surface area contributed by atoms with E-state index < -0.39 is 10.0 Å². The van der Waals surface area contributed by atoms with E-state index in [9.17, 15) is 13.2 Å². The Bertz CT molecular complexity index is 786. The van der Waals surface area contributed by atoms with Crippen LogP contribution in [-0.4, -0.2) is 27.7 Å². The lowest BCUT2D eigenvalue weighted by atomic mass is 10.1. The largest absolute Gasteiger partial charge is 0.496 e. The molecule has 2 aromatic rings. The number of nitrogens with one attached hydrogen (secondary N) is 2. The SMILES string of the molecule is COc1ccccc1CC(=O)Nc1ccc(NS(C)(=O)=O)cc1. The van der Waals surface area contributed by atoms with Crippen LogP contribution in [0, 0.1) is 0 Å². The van der Waals surface area contributed by atoms with Crippen LogP contribution < -0.4 is 14.8 Å². The van der Waals surface area contributed by atoms with Gasteiger partial charge in [0.15, 0.2) is 0 Å². The number of methoxy groups -OCH3 is 1. The molecule has 0 aromatic heterocycles. The quantitative estimate of drug-likeness (QED) is 0.848. The van der Waals surface area contributed by atoms with Gasteiger partial charge in [0.05, 0.1) is 19.8 Å². The fourth-order valence-electron chi connectivity index (χ4n) is 2.06. The maximum atomic E-state index is 12.1. The number of sulfonamides is 1. The fourth-order valence-corrected chi connectivity index (χ4v) is 2.63. The van der Waals surface area contributed by atoms with E-state index in [-0.39, 0.29) is 12.3 Å². The van der Waals surface area contributed by atoms with Gasteiger partial charge in [-0.3, -0.25) is 9.52 Å². The summed E-state index contributed by atoms with van der Waals surface area (Å²) in [5, 5.41) is 2.76. The molecule has 0 fully saturated rings. The zero-order valence-electron chi connectivity index (χ0n) is 12.9. The minimum atomic E-state index is -3.31. The van der Waals surface area contributed by atoms with Crippen LogP contribution in [0.3, 0.4) is 0 Å². The number of rotatable bonds is 6. The van der Waals surface area contributed by atoms with Gasteiger partial charge in [-0.15, -0.1) is 0 Å². The van der Waals surface area contributed by atoms with E-state index in [1.807, 2.05) is 18.2 Å². The average Bonchev–Trinajstić information content (AvgIpc) is 2.48. The standard InChI is InChI=1S/C16H18N2O4S/c1-22-15-6-4-3-5-12(15)11-16(19)17-13-7-9-14(10-8-13)18-23(2,20)21/h3-10,18H,11H2,1-2H3,(H,17,19). The van der Waals surface area contributed by atoms with Gasteiger partial charge in [-0.25, -0.2) is 8.42 Å². The second-order valence-electron chi connectivity index (χ2n) is 4.99. The van der Waals surface area contributed by atoms with Gasteiger partial charge in [0.25, 0.3) is 0 Å². The highest BCUT2D eigenvalue weighted by Gasteiger charge is 2.09. The van der Waals surface area contributed by atoms with Crippen LogP contribution >= 0.6 is 0 Å². The normalized spacial score (nSPS) is 10.9. The van der Waals surface area contributed by atoms with Gasteiger partial charge in [0.1, 0.15) is 5.75 Å². The molecule has 0 radical (unpaired) electrons. The van der Waals surface area contributed by atoms with Crippen molar-refractivity contribution in [2.24, 2.45) is 0 Å². The van der Waals surface area contributed by atoms with Gasteiger partial charge >= 0.3 is 0 Å². The van der Waals surface area contributed by atoms with Crippen LogP contribution in [0.2, 0.25) is 0 Å². The number of amides is 1. The molecule has 0 atom stereocenters. The number of ether oxygens (including phenoxy) is 1. The van der Waals surface area contributed by atoms with Crippen molar-refractivity contribution in [1.29, 1.82) is 0 Å². The van der Waals surface area contributed by atoms with Crippen molar-refractivity contribution in [2.45, 2.75) is 6.42 Å². The Labute approximate surface area is 135 Å². The van der Waals surface area contributed by atoms with Crippen molar-refractivity contribution in [1.82, 2.24) is 0 Å². The first-order chi connectivity index (χ1) is 10.9. The van der Waals surface area contributed by atoms with Crippen molar-refractivity contribution in [2.75, 3.05) is 23.4 Å². The first-order valence-electron chi connectivity index (χ1n) is 6.87. The molecule has 2 aromatic carbocycles. The fraction of sp³-hybridized carbons (Fsp3) is 0.188. The van der Waals surface area contributed by atoms with E-state index in [0.717, 1.165) is 11.8 Å². The molecule has 0 bridgehead atoms. The molecule has 122 valence electrons. The summed E-state index contributed by atoms with van der Waals surface area (Å²) in [6, 6.07) is 13.7. The van der Waals surface area contributed by atoms with E-state index in [0.29, 0.717) is 17.1 Å². The summed E-state index contributed by atoms with van der Waals surface area (Å²) < 4.78 is 29.8. The number of para-hydroxylation sites is 1. The lowest BCUT2D eigenvalue weighted by molar-refractivity contribution is -0.115. The predicted octanol–water partition coefficient (Wildman–Crippen LogP) is 2.25. The van der Waals surface area contributed by atoms with Crippen molar-refractivity contribution in [3.63, 3.8) is 0 Å². The number of carbonyl (C=O) groups excluding carboxylic acids is 1. The smallest absolute Gasteiger partial charge is 0.229 e. The van der Waals surface area contributed by atoms with E-state index in [1.165, 1.54) is 0 Å². The van der Waals surface area contributed by atoms with Crippen LogP contribution in [0.4, 0.5) is 11.4 Å². The highest BCUT2D eigenvalue weighted by molar-refractivity contribution is 7.92. The summed E-state index contributed by atoms with van der Waals surface area (Å²) in [5.74, 6) is 0.480. The zero-order chi connectivity index (χ0) is 16.9. The molecule has 0 saturated carbocycles. The maximum Gasteiger partial charge on any atom is 0.229 e. The minimum absolute atomic E-state index is 0.182. The Kier molecular flexibility index (Phi) is 5.23. The molecule has 0 saturated heterocycles. The van der Waals surface area contributed by atoms with E-state index in [2.05, 4.69) is 10.0 Å². The summed E-state index contributed by atoms with van der Waals surface area (Å²) >= 11 is 0. The zero-order valence-corrected chi connectivity index (χ0v) is 13.7. The van der Waals surface area contributed by atoms with Crippen molar-refractivity contribution in [3.8, 4) is 5.75 Å². The molecule has 0 heterocycles. The number of hydrogen-bond acceptors (Lipinski definition) is 4. The molecule has 0 spiro atoms.